The molecule has 1 aliphatic carbocycles. The summed E-state index contributed by atoms with van der Waals surface area (Å²) in [7, 11) is 0. The minimum atomic E-state index is 0.144. The molecule has 1 heterocycles. The zero-order valence-electron chi connectivity index (χ0n) is 6.30. The monoisotopic (exact) mass is 146 g/mol. The summed E-state index contributed by atoms with van der Waals surface area (Å²) >= 11 is 0. The lowest BCUT2D eigenvalue weighted by atomic mass is 9.88. The van der Waals surface area contributed by atoms with Crippen molar-refractivity contribution >= 4 is 0 Å². The van der Waals surface area contributed by atoms with E-state index in [4.69, 9.17) is 5.26 Å². The van der Waals surface area contributed by atoms with Crippen molar-refractivity contribution < 1.29 is 0 Å². The van der Waals surface area contributed by atoms with Gasteiger partial charge in [0.05, 0.1) is 12.0 Å². The smallest absolute Gasteiger partial charge is 0.0730 e. The van der Waals surface area contributed by atoms with Crippen molar-refractivity contribution in [2.45, 2.75) is 25.2 Å². The lowest BCUT2D eigenvalue weighted by molar-refractivity contribution is 0.630. The Balaban J connectivity index is 2.41. The third kappa shape index (κ3) is 0.932. The Hall–Kier alpha value is -1.23. The molecule has 1 aromatic rings. The number of hydrogen-bond donors (Lipinski definition) is 1. The molecular formula is C9H10N2. The molecule has 1 N–H and O–H groups in total. The van der Waals surface area contributed by atoms with Gasteiger partial charge in [0, 0.05) is 11.9 Å². The van der Waals surface area contributed by atoms with Gasteiger partial charge in [-0.1, -0.05) is 0 Å². The second-order valence-electron chi connectivity index (χ2n) is 2.99. The fourth-order valence-corrected chi connectivity index (χ4v) is 1.73. The fourth-order valence-electron chi connectivity index (χ4n) is 1.73. The van der Waals surface area contributed by atoms with Gasteiger partial charge in [0.1, 0.15) is 0 Å². The number of aromatic amines is 1. The van der Waals surface area contributed by atoms with E-state index in [2.05, 4.69) is 11.1 Å². The Morgan fingerprint density at radius 2 is 2.55 bits per heavy atom. The molecule has 1 unspecified atom stereocenters. The molecule has 0 saturated heterocycles. The first-order valence-corrected chi connectivity index (χ1v) is 3.97. The van der Waals surface area contributed by atoms with Crippen molar-refractivity contribution in [3.05, 3.63) is 23.5 Å². The number of fused-ring (bicyclic) bond motifs is 1. The molecule has 1 aliphatic rings. The molecule has 1 aromatic heterocycles. The van der Waals surface area contributed by atoms with Crippen LogP contribution in [0.15, 0.2) is 12.3 Å². The van der Waals surface area contributed by atoms with Crippen LogP contribution in [-0.2, 0) is 6.42 Å². The van der Waals surface area contributed by atoms with Crippen LogP contribution in [0.1, 0.15) is 30.0 Å². The van der Waals surface area contributed by atoms with E-state index in [1.54, 1.807) is 0 Å². The third-order valence-electron chi connectivity index (χ3n) is 2.32. The van der Waals surface area contributed by atoms with Crippen LogP contribution in [0.5, 0.6) is 0 Å². The van der Waals surface area contributed by atoms with E-state index in [-0.39, 0.29) is 5.92 Å². The number of aromatic nitrogens is 1. The van der Waals surface area contributed by atoms with Gasteiger partial charge in [0.15, 0.2) is 0 Å². The summed E-state index contributed by atoms with van der Waals surface area (Å²) in [4.78, 5) is 3.17. The van der Waals surface area contributed by atoms with E-state index >= 15 is 0 Å². The molecule has 0 radical (unpaired) electrons. The molecule has 2 rings (SSSR count). The van der Waals surface area contributed by atoms with E-state index in [0.717, 1.165) is 19.3 Å². The summed E-state index contributed by atoms with van der Waals surface area (Å²) < 4.78 is 0. The Labute approximate surface area is 65.9 Å². The number of nitrogens with one attached hydrogen (secondary N) is 1. The van der Waals surface area contributed by atoms with E-state index in [9.17, 15) is 0 Å². The van der Waals surface area contributed by atoms with Crippen LogP contribution in [0.2, 0.25) is 0 Å². The van der Waals surface area contributed by atoms with E-state index < -0.39 is 0 Å². The molecule has 2 nitrogen and oxygen atoms in total. The topological polar surface area (TPSA) is 39.6 Å². The van der Waals surface area contributed by atoms with Crippen molar-refractivity contribution in [2.75, 3.05) is 0 Å². The number of aryl methyl sites for hydroxylation is 1. The molecule has 0 saturated carbocycles. The maximum absolute atomic E-state index is 8.79. The molecule has 1 atom stereocenters. The number of nitrogens with zero attached hydrogens (tertiary/aromatic N) is 1. The first-order chi connectivity index (χ1) is 5.42. The number of nitriles is 1. The van der Waals surface area contributed by atoms with Crippen molar-refractivity contribution in [1.29, 1.82) is 5.26 Å². The predicted molar refractivity (Wildman–Crippen MR) is 42.1 cm³/mol. The molecule has 0 aliphatic heterocycles. The van der Waals surface area contributed by atoms with Crippen LogP contribution in [0.25, 0.3) is 0 Å². The molecule has 0 aromatic carbocycles. The van der Waals surface area contributed by atoms with E-state index in [1.807, 2.05) is 12.3 Å². The van der Waals surface area contributed by atoms with Crippen molar-refractivity contribution in [1.82, 2.24) is 4.98 Å². The molecular weight excluding hydrogens is 136 g/mol. The summed E-state index contributed by atoms with van der Waals surface area (Å²) in [5.41, 5.74) is 2.49. The Kier molecular flexibility index (Phi) is 1.43. The van der Waals surface area contributed by atoms with Crippen molar-refractivity contribution in [3.8, 4) is 6.07 Å². The standard InChI is InChI=1S/C9H10N2/c10-6-7-2-1-3-9-8(7)4-5-11-9/h4-5,7,11H,1-3H2. The van der Waals surface area contributed by atoms with Crippen LogP contribution in [0.4, 0.5) is 0 Å². The van der Waals surface area contributed by atoms with Gasteiger partial charge in [-0.2, -0.15) is 5.26 Å². The van der Waals surface area contributed by atoms with Crippen LogP contribution >= 0.6 is 0 Å². The van der Waals surface area contributed by atoms with Gasteiger partial charge in [-0.3, -0.25) is 0 Å². The van der Waals surface area contributed by atoms with Crippen LogP contribution < -0.4 is 0 Å². The van der Waals surface area contributed by atoms with Gasteiger partial charge in [-0.05, 0) is 30.9 Å². The molecule has 11 heavy (non-hydrogen) atoms. The lowest BCUT2D eigenvalue weighted by Crippen LogP contribution is -2.05. The van der Waals surface area contributed by atoms with Gasteiger partial charge >= 0.3 is 0 Å². The van der Waals surface area contributed by atoms with E-state index in [1.165, 1.54) is 11.3 Å². The minimum absolute atomic E-state index is 0.144. The van der Waals surface area contributed by atoms with Crippen molar-refractivity contribution in [3.63, 3.8) is 0 Å². The maximum atomic E-state index is 8.79. The molecule has 2 heteroatoms. The second kappa shape index (κ2) is 2.43. The molecule has 0 amide bonds. The zero-order valence-corrected chi connectivity index (χ0v) is 6.30. The number of H-pyrrole nitrogens is 1. The minimum Gasteiger partial charge on any atom is -0.365 e. The Bertz CT molecular complexity index is 293. The lowest BCUT2D eigenvalue weighted by Gasteiger charge is -2.15. The maximum Gasteiger partial charge on any atom is 0.0730 e. The number of rotatable bonds is 0. The summed E-state index contributed by atoms with van der Waals surface area (Å²) in [6, 6.07) is 4.36. The highest BCUT2D eigenvalue weighted by molar-refractivity contribution is 5.31. The molecule has 0 spiro atoms. The molecule has 0 fully saturated rings. The van der Waals surface area contributed by atoms with Crippen LogP contribution in [0.3, 0.4) is 0 Å². The summed E-state index contributed by atoms with van der Waals surface area (Å²) in [5, 5.41) is 8.79. The van der Waals surface area contributed by atoms with Crippen molar-refractivity contribution in [2.24, 2.45) is 0 Å². The zero-order chi connectivity index (χ0) is 7.68. The summed E-state index contributed by atoms with van der Waals surface area (Å²) in [6.07, 6.45) is 5.22. The highest BCUT2D eigenvalue weighted by Crippen LogP contribution is 2.29. The van der Waals surface area contributed by atoms with Crippen LogP contribution in [-0.4, -0.2) is 4.98 Å². The quantitative estimate of drug-likeness (QED) is 0.597. The summed E-state index contributed by atoms with van der Waals surface area (Å²) in [5.74, 6) is 0.144. The average molecular weight is 146 g/mol. The summed E-state index contributed by atoms with van der Waals surface area (Å²) in [6.45, 7) is 0. The highest BCUT2D eigenvalue weighted by atomic mass is 14.7. The van der Waals surface area contributed by atoms with Gasteiger partial charge in [0.25, 0.3) is 0 Å². The largest absolute Gasteiger partial charge is 0.365 e. The van der Waals surface area contributed by atoms with Gasteiger partial charge in [0.2, 0.25) is 0 Å². The first-order valence-electron chi connectivity index (χ1n) is 3.97. The van der Waals surface area contributed by atoms with E-state index in [0.29, 0.717) is 0 Å². The second-order valence-corrected chi connectivity index (χ2v) is 2.99. The number of hydrogen-bond acceptors (Lipinski definition) is 1. The SMILES string of the molecule is N#CC1CCCc2[nH]ccc21. The first kappa shape index (κ1) is 6.48. The van der Waals surface area contributed by atoms with Crippen LogP contribution in [0, 0.1) is 11.3 Å². The predicted octanol–water partition coefficient (Wildman–Crippen LogP) is 1.96. The molecule has 0 bridgehead atoms. The van der Waals surface area contributed by atoms with Gasteiger partial charge in [-0.25, -0.2) is 0 Å². The Morgan fingerprint density at radius 3 is 3.36 bits per heavy atom. The average Bonchev–Trinajstić information content (AvgIpc) is 2.50. The fraction of sp³-hybridized carbons (Fsp3) is 0.444. The Morgan fingerprint density at radius 1 is 1.64 bits per heavy atom. The molecule has 56 valence electrons. The third-order valence-corrected chi connectivity index (χ3v) is 2.32. The van der Waals surface area contributed by atoms with Gasteiger partial charge in [-0.15, -0.1) is 0 Å². The normalized spacial score (nSPS) is 22.3. The van der Waals surface area contributed by atoms with Gasteiger partial charge < -0.3 is 4.98 Å². The highest BCUT2D eigenvalue weighted by Gasteiger charge is 2.19.